The van der Waals surface area contributed by atoms with Gasteiger partial charge in [-0.3, -0.25) is 15.1 Å². The molecule has 0 aromatic heterocycles. The molecule has 2 N–H and O–H groups in total. The van der Waals surface area contributed by atoms with Crippen molar-refractivity contribution in [2.75, 3.05) is 23.7 Å². The monoisotopic (exact) mass is 464 g/mol. The molecule has 1 heterocycles. The molecular weight excluding hydrogens is 435 g/mol. The van der Waals surface area contributed by atoms with Crippen molar-refractivity contribution in [2.45, 2.75) is 26.4 Å². The van der Waals surface area contributed by atoms with Crippen molar-refractivity contribution in [3.63, 3.8) is 0 Å². The van der Waals surface area contributed by atoms with Crippen molar-refractivity contribution in [1.29, 1.82) is 0 Å². The van der Waals surface area contributed by atoms with Crippen LogP contribution in [0, 0.1) is 11.7 Å². The van der Waals surface area contributed by atoms with Crippen LogP contribution in [0.15, 0.2) is 71.9 Å². The highest BCUT2D eigenvalue weighted by Crippen LogP contribution is 2.24. The predicted molar refractivity (Wildman–Crippen MR) is 133 cm³/mol. The van der Waals surface area contributed by atoms with E-state index in [4.69, 9.17) is 4.74 Å². The van der Waals surface area contributed by atoms with Gasteiger partial charge in [0, 0.05) is 18.7 Å². The summed E-state index contributed by atoms with van der Waals surface area (Å²) in [6, 6.07) is 13.7. The van der Waals surface area contributed by atoms with Crippen molar-refractivity contribution in [2.24, 2.45) is 11.0 Å². The minimum absolute atomic E-state index is 0.0107. The molecule has 1 atom stereocenters. The zero-order valence-corrected chi connectivity index (χ0v) is 19.5. The average molecular weight is 465 g/mol. The summed E-state index contributed by atoms with van der Waals surface area (Å²) in [5.74, 6) is -0.971. The van der Waals surface area contributed by atoms with E-state index in [0.717, 1.165) is 11.6 Å². The van der Waals surface area contributed by atoms with Crippen LogP contribution in [0.4, 0.5) is 20.6 Å². The zero-order chi connectivity index (χ0) is 24.6. The molecule has 3 rings (SSSR count). The lowest BCUT2D eigenvalue weighted by Crippen LogP contribution is -2.27. The van der Waals surface area contributed by atoms with Crippen LogP contribution in [0.3, 0.4) is 0 Å². The number of carbonyl (C=O) groups is 2. The minimum Gasteiger partial charge on any atom is -0.444 e. The van der Waals surface area contributed by atoms with E-state index in [2.05, 4.69) is 15.7 Å². The Kier molecular flexibility index (Phi) is 8.19. The normalized spacial score (nSPS) is 15.8. The molecule has 0 aliphatic carbocycles. The van der Waals surface area contributed by atoms with Crippen LogP contribution < -0.4 is 10.6 Å². The Morgan fingerprint density at radius 3 is 2.65 bits per heavy atom. The number of carbonyl (C=O) groups excluding carboxylic acids is 2. The van der Waals surface area contributed by atoms with E-state index >= 15 is 0 Å². The number of anilines is 2. The van der Waals surface area contributed by atoms with Gasteiger partial charge in [-0.25, -0.2) is 9.18 Å². The molecule has 0 radical (unpaired) electrons. The smallest absolute Gasteiger partial charge is 0.412 e. The largest absolute Gasteiger partial charge is 0.444 e. The van der Waals surface area contributed by atoms with Crippen molar-refractivity contribution in [1.82, 2.24) is 5.01 Å². The molecule has 1 aliphatic rings. The topological polar surface area (TPSA) is 83.0 Å². The number of nitrogens with one attached hydrogen (secondary N) is 2. The van der Waals surface area contributed by atoms with Crippen LogP contribution in [0.1, 0.15) is 26.3 Å². The van der Waals surface area contributed by atoms with E-state index in [1.165, 1.54) is 18.2 Å². The SMILES string of the molecule is CC(C)(C)OC(=O)Nc1cc(F)ccc1NC(=O)/C=C/C1C=NN(C/C=C/c2ccccc2)C1. The fourth-order valence-electron chi connectivity index (χ4n) is 3.15. The highest BCUT2D eigenvalue weighted by atomic mass is 19.1. The van der Waals surface area contributed by atoms with Crippen LogP contribution in [-0.4, -0.2) is 41.9 Å². The summed E-state index contributed by atoms with van der Waals surface area (Å²) in [7, 11) is 0. The number of amides is 2. The fraction of sp³-hybridized carbons (Fsp3) is 0.269. The molecular formula is C26H29FN4O3. The van der Waals surface area contributed by atoms with E-state index in [-0.39, 0.29) is 17.3 Å². The molecule has 7 nitrogen and oxygen atoms in total. The Labute approximate surface area is 199 Å². The standard InChI is InChI=1S/C26H29FN4O3/c1-26(2,3)34-25(33)30-23-16-21(27)12-13-22(23)29-24(32)14-11-20-17-28-31(18-20)15-7-10-19-8-5-4-6-9-19/h4-14,16-17,20H,15,18H2,1-3H3,(H,29,32)(H,30,33)/b10-7+,14-11+. The van der Waals surface area contributed by atoms with E-state index in [1.54, 1.807) is 33.1 Å². The molecule has 2 aromatic carbocycles. The van der Waals surface area contributed by atoms with Crippen molar-refractivity contribution in [3.05, 3.63) is 78.1 Å². The summed E-state index contributed by atoms with van der Waals surface area (Å²) < 4.78 is 18.9. The van der Waals surface area contributed by atoms with Gasteiger partial charge in [0.25, 0.3) is 0 Å². The van der Waals surface area contributed by atoms with Gasteiger partial charge in [0.05, 0.1) is 17.9 Å². The molecule has 0 bridgehead atoms. The van der Waals surface area contributed by atoms with Crippen molar-refractivity contribution in [3.8, 4) is 0 Å². The van der Waals surface area contributed by atoms with Gasteiger partial charge in [0.2, 0.25) is 5.91 Å². The molecule has 34 heavy (non-hydrogen) atoms. The van der Waals surface area contributed by atoms with Crippen molar-refractivity contribution >= 4 is 35.7 Å². The second-order valence-electron chi connectivity index (χ2n) is 8.78. The maximum Gasteiger partial charge on any atom is 0.412 e. The lowest BCUT2D eigenvalue weighted by atomic mass is 10.1. The summed E-state index contributed by atoms with van der Waals surface area (Å²) in [5.41, 5.74) is 0.780. The molecule has 178 valence electrons. The van der Waals surface area contributed by atoms with Gasteiger partial charge in [-0.15, -0.1) is 0 Å². The minimum atomic E-state index is -0.743. The lowest BCUT2D eigenvalue weighted by molar-refractivity contribution is -0.111. The molecule has 1 unspecified atom stereocenters. The Morgan fingerprint density at radius 1 is 1.15 bits per heavy atom. The van der Waals surface area contributed by atoms with Crippen molar-refractivity contribution < 1.29 is 18.7 Å². The van der Waals surface area contributed by atoms with Gasteiger partial charge >= 0.3 is 6.09 Å². The first-order valence-corrected chi connectivity index (χ1v) is 11.0. The Balaban J connectivity index is 1.52. The van der Waals surface area contributed by atoms with Crippen LogP contribution in [0.25, 0.3) is 6.08 Å². The molecule has 2 amide bonds. The molecule has 1 aliphatic heterocycles. The highest BCUT2D eigenvalue weighted by Gasteiger charge is 2.18. The maximum absolute atomic E-state index is 13.7. The van der Waals surface area contributed by atoms with Gasteiger partial charge < -0.3 is 10.1 Å². The summed E-state index contributed by atoms with van der Waals surface area (Å²) in [6.45, 7) is 6.48. The van der Waals surface area contributed by atoms with Gasteiger partial charge in [-0.1, -0.05) is 48.6 Å². The third-order valence-corrected chi connectivity index (χ3v) is 4.64. The quantitative estimate of drug-likeness (QED) is 0.545. The fourth-order valence-corrected chi connectivity index (χ4v) is 3.15. The molecule has 0 saturated carbocycles. The van der Waals surface area contributed by atoms with Gasteiger partial charge in [-0.2, -0.15) is 5.10 Å². The number of hydrogen-bond acceptors (Lipinski definition) is 5. The van der Waals surface area contributed by atoms with Crippen LogP contribution >= 0.6 is 0 Å². The van der Waals surface area contributed by atoms with E-state index in [9.17, 15) is 14.0 Å². The zero-order valence-electron chi connectivity index (χ0n) is 19.5. The first kappa shape index (κ1) is 24.7. The Morgan fingerprint density at radius 2 is 1.91 bits per heavy atom. The number of ether oxygens (including phenoxy) is 1. The van der Waals surface area contributed by atoms with Crippen LogP contribution in [0.2, 0.25) is 0 Å². The third kappa shape index (κ3) is 8.20. The number of nitrogens with zero attached hydrogens (tertiary/aromatic N) is 2. The summed E-state index contributed by atoms with van der Waals surface area (Å²) in [6.07, 6.45) is 8.28. The van der Waals surface area contributed by atoms with E-state index in [1.807, 2.05) is 47.5 Å². The van der Waals surface area contributed by atoms with Gasteiger partial charge in [0.1, 0.15) is 11.4 Å². The second-order valence-corrected chi connectivity index (χ2v) is 8.78. The number of hydrazone groups is 1. The maximum atomic E-state index is 13.7. The van der Waals surface area contributed by atoms with Crippen LogP contribution in [0.5, 0.6) is 0 Å². The number of benzene rings is 2. The molecule has 0 fully saturated rings. The average Bonchev–Trinajstić information content (AvgIpc) is 3.21. The molecule has 0 spiro atoms. The predicted octanol–water partition coefficient (Wildman–Crippen LogP) is 5.30. The van der Waals surface area contributed by atoms with E-state index < -0.39 is 23.4 Å². The second kappa shape index (κ2) is 11.3. The Bertz CT molecular complexity index is 1090. The van der Waals surface area contributed by atoms with Crippen LogP contribution in [-0.2, 0) is 9.53 Å². The first-order valence-electron chi connectivity index (χ1n) is 11.0. The van der Waals surface area contributed by atoms with E-state index in [0.29, 0.717) is 13.1 Å². The lowest BCUT2D eigenvalue weighted by Gasteiger charge is -2.20. The number of hydrogen-bond donors (Lipinski definition) is 2. The molecule has 8 heteroatoms. The van der Waals surface area contributed by atoms with Gasteiger partial charge in [0.15, 0.2) is 0 Å². The molecule has 2 aromatic rings. The Hall–Kier alpha value is -3.94. The first-order chi connectivity index (χ1) is 16.2. The summed E-state index contributed by atoms with van der Waals surface area (Å²) in [4.78, 5) is 24.5. The van der Waals surface area contributed by atoms with Gasteiger partial charge in [-0.05, 0) is 50.6 Å². The number of halogens is 1. The highest BCUT2D eigenvalue weighted by molar-refractivity contribution is 6.03. The number of rotatable bonds is 7. The summed E-state index contributed by atoms with van der Waals surface area (Å²) in [5, 5.41) is 11.4. The summed E-state index contributed by atoms with van der Waals surface area (Å²) >= 11 is 0. The third-order valence-electron chi connectivity index (χ3n) is 4.64. The molecule has 0 saturated heterocycles.